The average Bonchev–Trinajstić information content (AvgIpc) is 2.56. The Labute approximate surface area is 126 Å². The fourth-order valence-corrected chi connectivity index (χ4v) is 2.02. The number of hydrogen-bond donors (Lipinski definition) is 2. The number of aromatic nitrogens is 1. The molecule has 0 radical (unpaired) electrons. The number of nitriles is 1. The molecule has 22 heavy (non-hydrogen) atoms. The minimum absolute atomic E-state index is 0.0397. The van der Waals surface area contributed by atoms with Crippen LogP contribution in [-0.4, -0.2) is 17.6 Å². The molecule has 0 unspecified atom stereocenters. The average molecular weight is 298 g/mol. The predicted octanol–water partition coefficient (Wildman–Crippen LogP) is 0.385. The van der Waals surface area contributed by atoms with Crippen molar-refractivity contribution in [3.8, 4) is 23.1 Å². The lowest BCUT2D eigenvalue weighted by Gasteiger charge is -2.13. The minimum Gasteiger partial charge on any atom is -0.497 e. The maximum Gasteiger partial charge on any atom is 0.269 e. The first kappa shape index (κ1) is 15.3. The van der Waals surface area contributed by atoms with Crippen molar-refractivity contribution in [3.05, 3.63) is 52.3 Å². The van der Waals surface area contributed by atoms with Gasteiger partial charge in [0.2, 0.25) is 0 Å². The highest BCUT2D eigenvalue weighted by atomic mass is 16.5. The molecular formula is C15H14N4O3. The summed E-state index contributed by atoms with van der Waals surface area (Å²) in [7, 11) is 1.55. The summed E-state index contributed by atoms with van der Waals surface area (Å²) >= 11 is 0. The highest BCUT2D eigenvalue weighted by Crippen LogP contribution is 2.21. The molecule has 7 nitrogen and oxygen atoms in total. The summed E-state index contributed by atoms with van der Waals surface area (Å²) in [6.07, 6.45) is 0. The minimum atomic E-state index is -0.542. The molecule has 2 aromatic rings. The number of carbonyl (C=O) groups is 1. The van der Waals surface area contributed by atoms with Crippen molar-refractivity contribution in [2.75, 3.05) is 7.11 Å². The zero-order valence-corrected chi connectivity index (χ0v) is 11.9. The standard InChI is InChI=1S/C15H14N4O3/c1-22-12-5-2-10(3-6-12)13-7-4-11(8-16)15(21)19(13)9-14(20)18-17/h2-7H,9,17H2,1H3,(H,18,20). The number of hydrogen-bond acceptors (Lipinski definition) is 5. The number of nitrogens with zero attached hydrogens (tertiary/aromatic N) is 2. The van der Waals surface area contributed by atoms with Crippen LogP contribution < -0.4 is 21.6 Å². The normalized spacial score (nSPS) is 9.86. The number of nitrogens with one attached hydrogen (secondary N) is 1. The smallest absolute Gasteiger partial charge is 0.269 e. The molecule has 1 heterocycles. The molecule has 0 saturated carbocycles. The van der Waals surface area contributed by atoms with Crippen molar-refractivity contribution >= 4 is 5.91 Å². The number of rotatable bonds is 4. The van der Waals surface area contributed by atoms with Gasteiger partial charge in [0, 0.05) is 0 Å². The Balaban J connectivity index is 2.58. The molecular weight excluding hydrogens is 284 g/mol. The first-order valence-electron chi connectivity index (χ1n) is 6.38. The van der Waals surface area contributed by atoms with Crippen molar-refractivity contribution < 1.29 is 9.53 Å². The lowest BCUT2D eigenvalue weighted by atomic mass is 10.1. The predicted molar refractivity (Wildman–Crippen MR) is 79.7 cm³/mol. The van der Waals surface area contributed by atoms with E-state index in [-0.39, 0.29) is 12.1 Å². The van der Waals surface area contributed by atoms with E-state index in [1.54, 1.807) is 37.4 Å². The first-order valence-corrected chi connectivity index (χ1v) is 6.38. The molecule has 0 aliphatic carbocycles. The molecule has 0 aliphatic rings. The molecule has 0 spiro atoms. The van der Waals surface area contributed by atoms with E-state index in [0.29, 0.717) is 17.0 Å². The summed E-state index contributed by atoms with van der Waals surface area (Å²) in [4.78, 5) is 23.8. The zero-order chi connectivity index (χ0) is 16.1. The first-order chi connectivity index (χ1) is 10.6. The molecule has 7 heteroatoms. The fraction of sp³-hybridized carbons (Fsp3) is 0.133. The van der Waals surface area contributed by atoms with Gasteiger partial charge in [0.15, 0.2) is 0 Å². The lowest BCUT2D eigenvalue weighted by Crippen LogP contribution is -2.37. The second-order valence-corrected chi connectivity index (χ2v) is 4.43. The van der Waals surface area contributed by atoms with Crippen LogP contribution in [0.5, 0.6) is 5.75 Å². The quantitative estimate of drug-likeness (QED) is 0.482. The third-order valence-corrected chi connectivity index (χ3v) is 3.14. The van der Waals surface area contributed by atoms with Gasteiger partial charge in [0.05, 0.1) is 12.8 Å². The third kappa shape index (κ3) is 2.97. The van der Waals surface area contributed by atoms with Crippen molar-refractivity contribution in [1.29, 1.82) is 5.26 Å². The summed E-state index contributed by atoms with van der Waals surface area (Å²) in [5.41, 5.74) is 2.62. The molecule has 3 N–H and O–H groups in total. The summed E-state index contributed by atoms with van der Waals surface area (Å²) in [6, 6.07) is 11.9. The van der Waals surface area contributed by atoms with E-state index in [9.17, 15) is 9.59 Å². The third-order valence-electron chi connectivity index (χ3n) is 3.14. The second kappa shape index (κ2) is 6.56. The summed E-state index contributed by atoms with van der Waals surface area (Å²) in [5, 5.41) is 8.96. The van der Waals surface area contributed by atoms with E-state index in [2.05, 4.69) is 0 Å². The van der Waals surface area contributed by atoms with Gasteiger partial charge in [-0.05, 0) is 42.0 Å². The van der Waals surface area contributed by atoms with E-state index in [4.69, 9.17) is 15.8 Å². The summed E-state index contributed by atoms with van der Waals surface area (Å²) in [6.45, 7) is -0.272. The van der Waals surface area contributed by atoms with Gasteiger partial charge in [0.25, 0.3) is 11.5 Å². The molecule has 112 valence electrons. The number of pyridine rings is 1. The van der Waals surface area contributed by atoms with Crippen molar-refractivity contribution in [2.45, 2.75) is 6.54 Å². The number of ether oxygens (including phenoxy) is 1. The Kier molecular flexibility index (Phi) is 4.56. The number of carbonyl (C=O) groups excluding carboxylic acids is 1. The van der Waals surface area contributed by atoms with Crippen molar-refractivity contribution in [3.63, 3.8) is 0 Å². The Morgan fingerprint density at radius 2 is 2.00 bits per heavy atom. The van der Waals surface area contributed by atoms with Crippen LogP contribution in [0.3, 0.4) is 0 Å². The Morgan fingerprint density at radius 3 is 2.55 bits per heavy atom. The highest BCUT2D eigenvalue weighted by Gasteiger charge is 2.13. The Bertz CT molecular complexity index is 788. The van der Waals surface area contributed by atoms with Crippen LogP contribution in [0.15, 0.2) is 41.2 Å². The maximum absolute atomic E-state index is 12.3. The van der Waals surface area contributed by atoms with Gasteiger partial charge in [-0.2, -0.15) is 5.26 Å². The van der Waals surface area contributed by atoms with Gasteiger partial charge in [0.1, 0.15) is 23.9 Å². The van der Waals surface area contributed by atoms with E-state index in [1.165, 1.54) is 10.6 Å². The van der Waals surface area contributed by atoms with Gasteiger partial charge >= 0.3 is 0 Å². The van der Waals surface area contributed by atoms with Crippen LogP contribution in [0.25, 0.3) is 11.3 Å². The molecule has 2 rings (SSSR count). The fourth-order valence-electron chi connectivity index (χ4n) is 2.02. The Hall–Kier alpha value is -3.11. The number of hydrazine groups is 1. The van der Waals surface area contributed by atoms with Crippen molar-refractivity contribution in [2.24, 2.45) is 5.84 Å². The molecule has 0 aliphatic heterocycles. The van der Waals surface area contributed by atoms with E-state index in [0.717, 1.165) is 0 Å². The monoisotopic (exact) mass is 298 g/mol. The number of nitrogens with two attached hydrogens (primary N) is 1. The van der Waals surface area contributed by atoms with E-state index < -0.39 is 11.5 Å². The molecule has 0 atom stereocenters. The topological polar surface area (TPSA) is 110 Å². The molecule has 0 fully saturated rings. The SMILES string of the molecule is COc1ccc(-c2ccc(C#N)c(=O)n2CC(=O)NN)cc1. The second-order valence-electron chi connectivity index (χ2n) is 4.43. The number of benzene rings is 1. The number of methoxy groups -OCH3 is 1. The highest BCUT2D eigenvalue weighted by molar-refractivity contribution is 5.76. The zero-order valence-electron chi connectivity index (χ0n) is 11.9. The van der Waals surface area contributed by atoms with Gasteiger partial charge in [-0.15, -0.1) is 0 Å². The summed E-state index contributed by atoms with van der Waals surface area (Å²) < 4.78 is 6.30. The van der Waals surface area contributed by atoms with Gasteiger partial charge in [-0.1, -0.05) is 0 Å². The van der Waals surface area contributed by atoms with Crippen LogP contribution in [-0.2, 0) is 11.3 Å². The molecule has 1 aromatic heterocycles. The number of amides is 1. The summed E-state index contributed by atoms with van der Waals surface area (Å²) in [5.74, 6) is 5.21. The van der Waals surface area contributed by atoms with Crippen LogP contribution in [0, 0.1) is 11.3 Å². The van der Waals surface area contributed by atoms with E-state index in [1.807, 2.05) is 11.5 Å². The lowest BCUT2D eigenvalue weighted by molar-refractivity contribution is -0.121. The van der Waals surface area contributed by atoms with Gasteiger partial charge in [-0.3, -0.25) is 19.6 Å². The van der Waals surface area contributed by atoms with Crippen molar-refractivity contribution in [1.82, 2.24) is 9.99 Å². The van der Waals surface area contributed by atoms with E-state index >= 15 is 0 Å². The maximum atomic E-state index is 12.3. The molecule has 1 aromatic carbocycles. The van der Waals surface area contributed by atoms with Crippen LogP contribution in [0.1, 0.15) is 5.56 Å². The largest absolute Gasteiger partial charge is 0.497 e. The molecule has 1 amide bonds. The van der Waals surface area contributed by atoms with Crippen LogP contribution in [0.2, 0.25) is 0 Å². The molecule has 0 bridgehead atoms. The van der Waals surface area contributed by atoms with Crippen LogP contribution >= 0.6 is 0 Å². The van der Waals surface area contributed by atoms with Gasteiger partial charge < -0.3 is 4.74 Å². The molecule has 0 saturated heterocycles. The Morgan fingerprint density at radius 1 is 1.32 bits per heavy atom. The van der Waals surface area contributed by atoms with Crippen LogP contribution in [0.4, 0.5) is 0 Å². The van der Waals surface area contributed by atoms with Gasteiger partial charge in [-0.25, -0.2) is 5.84 Å².